The first kappa shape index (κ1) is 13.0. The van der Waals surface area contributed by atoms with Crippen LogP contribution in [-0.2, 0) is 21.9 Å². The molecule has 1 aromatic rings. The van der Waals surface area contributed by atoms with Gasteiger partial charge in [-0.1, -0.05) is 6.42 Å². The van der Waals surface area contributed by atoms with E-state index in [-0.39, 0.29) is 5.03 Å². The van der Waals surface area contributed by atoms with Crippen LogP contribution in [0.25, 0.3) is 0 Å². The van der Waals surface area contributed by atoms with Crippen molar-refractivity contribution in [1.29, 1.82) is 0 Å². The fourth-order valence-electron chi connectivity index (χ4n) is 2.28. The molecule has 0 unspecified atom stereocenters. The van der Waals surface area contributed by atoms with Gasteiger partial charge in [-0.05, 0) is 18.9 Å². The summed E-state index contributed by atoms with van der Waals surface area (Å²) in [4.78, 5) is 11.0. The maximum Gasteiger partial charge on any atom is 0.308 e. The third kappa shape index (κ3) is 2.39. The van der Waals surface area contributed by atoms with Crippen LogP contribution in [0.5, 0.6) is 0 Å². The van der Waals surface area contributed by atoms with Gasteiger partial charge in [-0.25, -0.2) is 13.1 Å². The highest BCUT2D eigenvalue weighted by molar-refractivity contribution is 7.89. The number of nitrogens with zero attached hydrogens (tertiary/aromatic N) is 2. The van der Waals surface area contributed by atoms with Crippen molar-refractivity contribution in [3.8, 4) is 0 Å². The third-order valence-electron chi connectivity index (χ3n) is 3.19. The van der Waals surface area contributed by atoms with E-state index < -0.39 is 28.0 Å². The van der Waals surface area contributed by atoms with Crippen LogP contribution in [-0.4, -0.2) is 35.3 Å². The maximum absolute atomic E-state index is 12.1. The number of hydrogen-bond donors (Lipinski definition) is 2. The zero-order valence-electron chi connectivity index (χ0n) is 9.91. The molecule has 1 saturated carbocycles. The number of aryl methyl sites for hydroxylation is 1. The molecule has 1 aliphatic carbocycles. The predicted octanol–water partition coefficient (Wildman–Crippen LogP) is -0.0483. The van der Waals surface area contributed by atoms with Crippen LogP contribution in [0.15, 0.2) is 17.3 Å². The monoisotopic (exact) mass is 273 g/mol. The molecular weight excluding hydrogens is 258 g/mol. The highest BCUT2D eigenvalue weighted by Gasteiger charge is 2.36. The normalized spacial score (nSPS) is 24.3. The van der Waals surface area contributed by atoms with Crippen LogP contribution in [0, 0.1) is 5.92 Å². The second-order valence-electron chi connectivity index (χ2n) is 4.40. The highest BCUT2D eigenvalue weighted by Crippen LogP contribution is 2.27. The molecule has 2 atom stereocenters. The first-order valence-corrected chi connectivity index (χ1v) is 7.13. The molecule has 0 saturated heterocycles. The van der Waals surface area contributed by atoms with Gasteiger partial charge in [0, 0.05) is 13.1 Å². The van der Waals surface area contributed by atoms with Gasteiger partial charge < -0.3 is 5.11 Å². The summed E-state index contributed by atoms with van der Waals surface area (Å²) >= 11 is 0. The van der Waals surface area contributed by atoms with Crippen molar-refractivity contribution >= 4 is 16.0 Å². The molecule has 0 radical (unpaired) electrons. The number of sulfonamides is 1. The van der Waals surface area contributed by atoms with Crippen LogP contribution < -0.4 is 4.72 Å². The third-order valence-corrected chi connectivity index (χ3v) is 4.75. The summed E-state index contributed by atoms with van der Waals surface area (Å²) in [5.74, 6) is -1.60. The SMILES string of the molecule is Cn1nccc1S(=O)(=O)N[C@@H]1CCC[C@@H]1C(=O)O. The number of hydrogen-bond acceptors (Lipinski definition) is 4. The average Bonchev–Trinajstić information content (AvgIpc) is 2.86. The van der Waals surface area contributed by atoms with E-state index >= 15 is 0 Å². The summed E-state index contributed by atoms with van der Waals surface area (Å²) in [6, 6.07) is 0.843. The highest BCUT2D eigenvalue weighted by atomic mass is 32.2. The van der Waals surface area contributed by atoms with Gasteiger partial charge >= 0.3 is 5.97 Å². The van der Waals surface area contributed by atoms with Crippen molar-refractivity contribution in [2.45, 2.75) is 30.3 Å². The molecule has 0 aliphatic heterocycles. The lowest BCUT2D eigenvalue weighted by Gasteiger charge is -2.17. The number of carboxylic acid groups (broad SMARTS) is 1. The maximum atomic E-state index is 12.1. The number of aliphatic carboxylic acids is 1. The molecule has 0 bridgehead atoms. The molecule has 0 spiro atoms. The molecule has 100 valence electrons. The Morgan fingerprint density at radius 3 is 2.83 bits per heavy atom. The molecule has 1 aliphatic rings. The Morgan fingerprint density at radius 1 is 1.56 bits per heavy atom. The Bertz CT molecular complexity index is 551. The van der Waals surface area contributed by atoms with Crippen LogP contribution in [0.2, 0.25) is 0 Å². The fraction of sp³-hybridized carbons (Fsp3) is 0.600. The molecule has 1 fully saturated rings. The number of rotatable bonds is 4. The minimum Gasteiger partial charge on any atom is -0.481 e. The average molecular weight is 273 g/mol. The molecule has 1 heterocycles. The van der Waals surface area contributed by atoms with Crippen LogP contribution in [0.4, 0.5) is 0 Å². The van der Waals surface area contributed by atoms with E-state index in [1.807, 2.05) is 0 Å². The molecule has 1 aromatic heterocycles. The number of carbonyl (C=O) groups is 1. The fourth-order valence-corrected chi connectivity index (χ4v) is 3.72. The Labute approximate surface area is 105 Å². The number of carboxylic acids is 1. The first-order valence-electron chi connectivity index (χ1n) is 5.65. The van der Waals surface area contributed by atoms with Gasteiger partial charge in [0.1, 0.15) is 0 Å². The van der Waals surface area contributed by atoms with E-state index in [0.717, 1.165) is 6.42 Å². The first-order chi connectivity index (χ1) is 8.42. The van der Waals surface area contributed by atoms with E-state index in [1.165, 1.54) is 24.0 Å². The van der Waals surface area contributed by atoms with Crippen molar-refractivity contribution in [3.05, 3.63) is 12.3 Å². The van der Waals surface area contributed by atoms with E-state index in [2.05, 4.69) is 9.82 Å². The Kier molecular flexibility index (Phi) is 3.40. The minimum atomic E-state index is -3.71. The van der Waals surface area contributed by atoms with Crippen LogP contribution >= 0.6 is 0 Å². The van der Waals surface area contributed by atoms with Gasteiger partial charge in [-0.2, -0.15) is 5.10 Å². The predicted molar refractivity (Wildman–Crippen MR) is 62.3 cm³/mol. The lowest BCUT2D eigenvalue weighted by molar-refractivity contribution is -0.141. The minimum absolute atomic E-state index is 0.0403. The molecule has 18 heavy (non-hydrogen) atoms. The topological polar surface area (TPSA) is 101 Å². The van der Waals surface area contributed by atoms with Crippen molar-refractivity contribution in [3.63, 3.8) is 0 Å². The van der Waals surface area contributed by atoms with Gasteiger partial charge in [0.05, 0.1) is 12.1 Å². The lowest BCUT2D eigenvalue weighted by atomic mass is 10.1. The molecule has 0 amide bonds. The van der Waals surface area contributed by atoms with E-state index in [0.29, 0.717) is 12.8 Å². The quantitative estimate of drug-likeness (QED) is 0.801. The van der Waals surface area contributed by atoms with E-state index in [4.69, 9.17) is 5.11 Å². The van der Waals surface area contributed by atoms with Gasteiger partial charge in [0.25, 0.3) is 10.0 Å². The molecule has 7 nitrogen and oxygen atoms in total. The summed E-state index contributed by atoms with van der Waals surface area (Å²) < 4.78 is 27.9. The standard InChI is InChI=1S/C10H15N3O4S/c1-13-9(5-6-11-13)18(16,17)12-8-4-2-3-7(8)10(14)15/h5-8,12H,2-4H2,1H3,(H,14,15)/t7-,8+/m0/s1. The molecule has 2 rings (SSSR count). The Morgan fingerprint density at radius 2 is 2.28 bits per heavy atom. The number of aromatic nitrogens is 2. The zero-order valence-corrected chi connectivity index (χ0v) is 10.7. The second-order valence-corrected chi connectivity index (χ2v) is 6.06. The van der Waals surface area contributed by atoms with Gasteiger partial charge in [0.2, 0.25) is 0 Å². The summed E-state index contributed by atoms with van der Waals surface area (Å²) in [5, 5.41) is 12.8. The Balaban J connectivity index is 2.19. The summed E-state index contributed by atoms with van der Waals surface area (Å²) in [7, 11) is -2.18. The lowest BCUT2D eigenvalue weighted by Crippen LogP contribution is -2.40. The van der Waals surface area contributed by atoms with Gasteiger partial charge in [-0.3, -0.25) is 9.48 Å². The van der Waals surface area contributed by atoms with Crippen molar-refractivity contribution < 1.29 is 18.3 Å². The van der Waals surface area contributed by atoms with E-state index in [1.54, 1.807) is 0 Å². The number of nitrogens with one attached hydrogen (secondary N) is 1. The van der Waals surface area contributed by atoms with Gasteiger partial charge in [0.15, 0.2) is 5.03 Å². The smallest absolute Gasteiger partial charge is 0.308 e. The van der Waals surface area contributed by atoms with E-state index in [9.17, 15) is 13.2 Å². The molecular formula is C10H15N3O4S. The zero-order chi connectivity index (χ0) is 13.3. The van der Waals surface area contributed by atoms with Crippen LogP contribution in [0.3, 0.4) is 0 Å². The van der Waals surface area contributed by atoms with Crippen molar-refractivity contribution in [2.24, 2.45) is 13.0 Å². The van der Waals surface area contributed by atoms with Crippen LogP contribution in [0.1, 0.15) is 19.3 Å². The van der Waals surface area contributed by atoms with Crippen molar-refractivity contribution in [1.82, 2.24) is 14.5 Å². The molecule has 2 N–H and O–H groups in total. The van der Waals surface area contributed by atoms with Gasteiger partial charge in [-0.15, -0.1) is 0 Å². The summed E-state index contributed by atoms with van der Waals surface area (Å²) in [6.45, 7) is 0. The largest absolute Gasteiger partial charge is 0.481 e. The molecule has 0 aromatic carbocycles. The Hall–Kier alpha value is -1.41. The summed E-state index contributed by atoms with van der Waals surface area (Å²) in [6.07, 6.45) is 3.16. The summed E-state index contributed by atoms with van der Waals surface area (Å²) in [5.41, 5.74) is 0. The second kappa shape index (κ2) is 4.69. The molecule has 8 heteroatoms. The van der Waals surface area contributed by atoms with Crippen molar-refractivity contribution in [2.75, 3.05) is 0 Å².